The molecule has 0 aliphatic carbocycles. The number of nitrogens with zero attached hydrogens (tertiary/aromatic N) is 6. The first-order chi connectivity index (χ1) is 14.7. The molecule has 0 saturated carbocycles. The molecule has 0 unspecified atom stereocenters. The third kappa shape index (κ3) is 5.07. The second-order valence-electron chi connectivity index (χ2n) is 7.42. The highest BCUT2D eigenvalue weighted by atomic mass is 16.8. The first-order valence-electron chi connectivity index (χ1n) is 10.3. The summed E-state index contributed by atoms with van der Waals surface area (Å²) in [6.07, 6.45) is 6.94. The SMILES string of the molecule is Nc1nc(NONc2nc(NO)cc(N3CCCCC3)n2)cc(N2CCCCC2)n1. The fourth-order valence-corrected chi connectivity index (χ4v) is 3.74. The lowest BCUT2D eigenvalue weighted by atomic mass is 10.1. The van der Waals surface area contributed by atoms with Gasteiger partial charge in [-0.1, -0.05) is 0 Å². The van der Waals surface area contributed by atoms with Crippen LogP contribution in [-0.2, 0) is 4.94 Å². The highest BCUT2D eigenvalue weighted by Gasteiger charge is 2.16. The smallest absolute Gasteiger partial charge is 0.253 e. The van der Waals surface area contributed by atoms with Crippen molar-refractivity contribution in [3.63, 3.8) is 0 Å². The zero-order valence-corrected chi connectivity index (χ0v) is 16.8. The predicted molar refractivity (Wildman–Crippen MR) is 114 cm³/mol. The van der Waals surface area contributed by atoms with E-state index < -0.39 is 0 Å². The molecule has 4 rings (SSSR count). The van der Waals surface area contributed by atoms with E-state index >= 15 is 0 Å². The van der Waals surface area contributed by atoms with Crippen LogP contribution < -0.4 is 32.0 Å². The molecule has 6 N–H and O–H groups in total. The van der Waals surface area contributed by atoms with Crippen molar-refractivity contribution >= 4 is 35.2 Å². The number of piperidine rings is 2. The molecule has 0 atom stereocenters. The van der Waals surface area contributed by atoms with Crippen molar-refractivity contribution in [1.29, 1.82) is 0 Å². The van der Waals surface area contributed by atoms with Crippen LogP contribution in [0.1, 0.15) is 38.5 Å². The van der Waals surface area contributed by atoms with E-state index in [2.05, 4.69) is 46.2 Å². The van der Waals surface area contributed by atoms with Crippen molar-refractivity contribution in [2.45, 2.75) is 38.5 Å². The topological polar surface area (TPSA) is 150 Å². The second-order valence-corrected chi connectivity index (χ2v) is 7.42. The fraction of sp³-hybridized carbons (Fsp3) is 0.556. The predicted octanol–water partition coefficient (Wildman–Crippen LogP) is 2.00. The van der Waals surface area contributed by atoms with Gasteiger partial charge in [-0.05, 0) is 38.5 Å². The number of nitrogens with one attached hydrogen (secondary N) is 3. The molecule has 162 valence electrons. The molecule has 30 heavy (non-hydrogen) atoms. The molecule has 12 nitrogen and oxygen atoms in total. The maximum Gasteiger partial charge on any atom is 0.253 e. The van der Waals surface area contributed by atoms with Gasteiger partial charge in [0.2, 0.25) is 5.95 Å². The summed E-state index contributed by atoms with van der Waals surface area (Å²) in [4.78, 5) is 26.7. The molecule has 2 aliphatic rings. The quantitative estimate of drug-likeness (QED) is 0.420. The fourth-order valence-electron chi connectivity index (χ4n) is 3.74. The van der Waals surface area contributed by atoms with Gasteiger partial charge in [-0.3, -0.25) is 10.7 Å². The van der Waals surface area contributed by atoms with Gasteiger partial charge < -0.3 is 15.5 Å². The minimum absolute atomic E-state index is 0.166. The zero-order chi connectivity index (χ0) is 20.8. The number of anilines is 6. The summed E-state index contributed by atoms with van der Waals surface area (Å²) in [7, 11) is 0. The molecule has 2 saturated heterocycles. The van der Waals surface area contributed by atoms with Crippen molar-refractivity contribution < 1.29 is 10.1 Å². The molecule has 0 aromatic carbocycles. The molecule has 0 bridgehead atoms. The second kappa shape index (κ2) is 9.59. The Labute approximate surface area is 174 Å². The number of aromatic nitrogens is 4. The van der Waals surface area contributed by atoms with Crippen molar-refractivity contribution in [3.05, 3.63) is 12.1 Å². The minimum Gasteiger partial charge on any atom is -0.368 e. The van der Waals surface area contributed by atoms with Crippen LogP contribution >= 0.6 is 0 Å². The third-order valence-corrected chi connectivity index (χ3v) is 5.22. The lowest BCUT2D eigenvalue weighted by molar-refractivity contribution is 0.259. The number of nitrogen functional groups attached to an aromatic ring is 1. The molecule has 0 spiro atoms. The van der Waals surface area contributed by atoms with Crippen molar-refractivity contribution in [1.82, 2.24) is 19.9 Å². The monoisotopic (exact) mass is 416 g/mol. The summed E-state index contributed by atoms with van der Waals surface area (Å²) in [5.41, 5.74) is 13.3. The van der Waals surface area contributed by atoms with Gasteiger partial charge in [0, 0.05) is 38.3 Å². The van der Waals surface area contributed by atoms with Crippen LogP contribution in [0.15, 0.2) is 12.1 Å². The minimum atomic E-state index is 0.166. The summed E-state index contributed by atoms with van der Waals surface area (Å²) in [5.74, 6) is 2.53. The highest BCUT2D eigenvalue weighted by molar-refractivity contribution is 5.53. The van der Waals surface area contributed by atoms with Crippen LogP contribution in [0.25, 0.3) is 0 Å². The Kier molecular flexibility index (Phi) is 6.44. The Balaban J connectivity index is 1.40. The molecule has 2 aromatic rings. The van der Waals surface area contributed by atoms with E-state index in [-0.39, 0.29) is 17.7 Å². The van der Waals surface area contributed by atoms with E-state index in [4.69, 9.17) is 10.7 Å². The van der Waals surface area contributed by atoms with E-state index in [9.17, 15) is 5.21 Å². The van der Waals surface area contributed by atoms with E-state index in [1.807, 2.05) is 0 Å². The molecule has 2 aliphatic heterocycles. The van der Waals surface area contributed by atoms with Gasteiger partial charge in [0.05, 0.1) is 0 Å². The summed E-state index contributed by atoms with van der Waals surface area (Å²) in [5, 5.41) is 9.29. The van der Waals surface area contributed by atoms with Crippen molar-refractivity contribution in [2.24, 2.45) is 0 Å². The van der Waals surface area contributed by atoms with Crippen LogP contribution in [0.2, 0.25) is 0 Å². The summed E-state index contributed by atoms with van der Waals surface area (Å²) in [6, 6.07) is 3.48. The molecule has 12 heteroatoms. The Bertz CT molecular complexity index is 840. The molecular formula is C18H28N10O2. The first-order valence-corrected chi connectivity index (χ1v) is 10.3. The summed E-state index contributed by atoms with van der Waals surface area (Å²) < 4.78 is 0. The Morgan fingerprint density at radius 1 is 0.767 bits per heavy atom. The van der Waals surface area contributed by atoms with Crippen molar-refractivity contribution in [2.75, 3.05) is 58.2 Å². The molecular weight excluding hydrogens is 388 g/mol. The zero-order valence-electron chi connectivity index (χ0n) is 16.8. The van der Waals surface area contributed by atoms with Crippen LogP contribution in [0.4, 0.5) is 35.2 Å². The van der Waals surface area contributed by atoms with Gasteiger partial charge >= 0.3 is 0 Å². The lowest BCUT2D eigenvalue weighted by Crippen LogP contribution is -2.30. The largest absolute Gasteiger partial charge is 0.368 e. The van der Waals surface area contributed by atoms with Crippen molar-refractivity contribution in [3.8, 4) is 0 Å². The van der Waals surface area contributed by atoms with Gasteiger partial charge in [-0.2, -0.15) is 24.9 Å². The maximum absolute atomic E-state index is 9.29. The molecule has 4 heterocycles. The average Bonchev–Trinajstić information content (AvgIpc) is 2.79. The van der Waals surface area contributed by atoms with E-state index in [0.29, 0.717) is 11.6 Å². The van der Waals surface area contributed by atoms with Gasteiger partial charge in [-0.15, -0.1) is 0 Å². The van der Waals surface area contributed by atoms with Gasteiger partial charge in [-0.25, -0.2) is 11.0 Å². The normalized spacial score (nSPS) is 17.0. The maximum atomic E-state index is 9.29. The van der Waals surface area contributed by atoms with Crippen LogP contribution in [0.3, 0.4) is 0 Å². The van der Waals surface area contributed by atoms with Crippen LogP contribution in [0, 0.1) is 0 Å². The van der Waals surface area contributed by atoms with E-state index in [1.54, 1.807) is 12.1 Å². The van der Waals surface area contributed by atoms with Crippen LogP contribution in [0.5, 0.6) is 0 Å². The summed E-state index contributed by atoms with van der Waals surface area (Å²) in [6.45, 7) is 3.73. The molecule has 2 fully saturated rings. The first kappa shape index (κ1) is 20.2. The summed E-state index contributed by atoms with van der Waals surface area (Å²) >= 11 is 0. The number of rotatable bonds is 7. The molecule has 0 radical (unpaired) electrons. The number of nitrogens with two attached hydrogens (primary N) is 1. The van der Waals surface area contributed by atoms with Gasteiger partial charge in [0.15, 0.2) is 11.6 Å². The Hall–Kier alpha value is -3.12. The van der Waals surface area contributed by atoms with E-state index in [0.717, 1.165) is 57.7 Å². The third-order valence-electron chi connectivity index (χ3n) is 5.22. The lowest BCUT2D eigenvalue weighted by Gasteiger charge is -2.28. The number of hydrogen-bond acceptors (Lipinski definition) is 12. The van der Waals surface area contributed by atoms with Gasteiger partial charge in [0.1, 0.15) is 11.6 Å². The Morgan fingerprint density at radius 2 is 1.37 bits per heavy atom. The average molecular weight is 416 g/mol. The molecule has 2 aromatic heterocycles. The van der Waals surface area contributed by atoms with E-state index in [1.165, 1.54) is 12.8 Å². The Morgan fingerprint density at radius 3 is 2.00 bits per heavy atom. The van der Waals surface area contributed by atoms with Gasteiger partial charge in [0.25, 0.3) is 5.95 Å². The molecule has 0 amide bonds. The van der Waals surface area contributed by atoms with Crippen LogP contribution in [-0.4, -0.2) is 51.3 Å². The highest BCUT2D eigenvalue weighted by Crippen LogP contribution is 2.23. The number of hydrogen-bond donors (Lipinski definition) is 5. The standard InChI is InChI=1S/C18H28N10O2/c19-17-20-14(12-15(22-17)27-7-3-1-4-8-27)25-30-26-18-21-13(24-29)11-16(23-18)28-9-5-2-6-10-28/h11-12,29H,1-10H2,(H3,19,20,22,25)(H2,21,23,24,26).